The molecule has 0 aliphatic carbocycles. The van der Waals surface area contributed by atoms with Gasteiger partial charge in [0.15, 0.2) is 0 Å². The minimum Gasteiger partial charge on any atom is -0.756 e. The molecule has 0 saturated heterocycles. The van der Waals surface area contributed by atoms with Gasteiger partial charge in [-0.1, -0.05) is 184 Å². The Morgan fingerprint density at radius 3 is 1.59 bits per heavy atom. The average Bonchev–Trinajstić information content (AvgIpc) is 3.15. The number of hydrogen-bond acceptors (Lipinski definition) is 6. The highest BCUT2D eigenvalue weighted by Crippen LogP contribution is 2.38. The summed E-state index contributed by atoms with van der Waals surface area (Å²) in [5.41, 5.74) is 0. The van der Waals surface area contributed by atoms with Gasteiger partial charge in [-0.05, 0) is 51.4 Å². The van der Waals surface area contributed by atoms with Crippen molar-refractivity contribution in [3.8, 4) is 0 Å². The predicted octanol–water partition coefficient (Wildman–Crippen LogP) is 12.2. The quantitative estimate of drug-likeness (QED) is 0.0276. The van der Waals surface area contributed by atoms with E-state index in [1.807, 2.05) is 27.2 Å². The molecule has 0 aromatic heterocycles. The van der Waals surface area contributed by atoms with E-state index in [4.69, 9.17) is 9.05 Å². The number of likely N-dealkylation sites (N-methyl/N-ethyl adjacent to an activating group) is 1. The van der Waals surface area contributed by atoms with Gasteiger partial charge in [0.05, 0.1) is 39.9 Å². The molecule has 56 heavy (non-hydrogen) atoms. The molecule has 0 spiro atoms. The van der Waals surface area contributed by atoms with Crippen molar-refractivity contribution in [1.29, 1.82) is 0 Å². The zero-order chi connectivity index (χ0) is 41.4. The first-order valence-electron chi connectivity index (χ1n) is 23.0. The summed E-state index contributed by atoms with van der Waals surface area (Å²) in [4.78, 5) is 25.3. The third-order valence-corrected chi connectivity index (χ3v) is 11.0. The molecule has 0 rings (SSSR count). The first-order chi connectivity index (χ1) is 27.0. The predicted molar refractivity (Wildman–Crippen MR) is 238 cm³/mol. The van der Waals surface area contributed by atoms with Crippen molar-refractivity contribution >= 4 is 13.7 Å². The van der Waals surface area contributed by atoms with Gasteiger partial charge in [-0.3, -0.25) is 9.36 Å². The summed E-state index contributed by atoms with van der Waals surface area (Å²) in [5, 5.41) is 13.8. The molecule has 0 radical (unpaired) electrons. The molecule has 9 heteroatoms. The smallest absolute Gasteiger partial charge is 0.268 e. The third-order valence-electron chi connectivity index (χ3n) is 10.0. The van der Waals surface area contributed by atoms with Gasteiger partial charge in [-0.25, -0.2) is 0 Å². The van der Waals surface area contributed by atoms with Gasteiger partial charge < -0.3 is 28.8 Å². The molecule has 0 aromatic carbocycles. The Balaban J connectivity index is 4.42. The Bertz CT molecular complexity index is 1050. The maximum Gasteiger partial charge on any atom is 0.268 e. The second-order valence-corrected chi connectivity index (χ2v) is 18.1. The van der Waals surface area contributed by atoms with Crippen LogP contribution in [0.3, 0.4) is 0 Å². The molecule has 0 aliphatic heterocycles. The van der Waals surface area contributed by atoms with E-state index in [0.29, 0.717) is 17.4 Å². The van der Waals surface area contributed by atoms with Crippen LogP contribution in [0.5, 0.6) is 0 Å². The zero-order valence-corrected chi connectivity index (χ0v) is 38.0. The minimum atomic E-state index is -4.59. The molecule has 0 fully saturated rings. The van der Waals surface area contributed by atoms with Crippen LogP contribution >= 0.6 is 7.82 Å². The average molecular weight is 809 g/mol. The van der Waals surface area contributed by atoms with E-state index in [0.717, 1.165) is 70.6 Å². The summed E-state index contributed by atoms with van der Waals surface area (Å²) in [5.74, 6) is -0.209. The highest BCUT2D eigenvalue weighted by atomic mass is 31.2. The minimum absolute atomic E-state index is 0.00446. The van der Waals surface area contributed by atoms with Gasteiger partial charge in [0.1, 0.15) is 13.2 Å². The maximum absolute atomic E-state index is 12.9. The molecule has 0 aliphatic rings. The van der Waals surface area contributed by atoms with Crippen LogP contribution in [0.2, 0.25) is 0 Å². The monoisotopic (exact) mass is 809 g/mol. The second kappa shape index (κ2) is 38.9. The molecule has 328 valence electrons. The van der Waals surface area contributed by atoms with Gasteiger partial charge in [0, 0.05) is 6.42 Å². The summed E-state index contributed by atoms with van der Waals surface area (Å²) in [6.07, 6.45) is 48.6. The van der Waals surface area contributed by atoms with Crippen molar-refractivity contribution in [2.45, 2.75) is 206 Å². The summed E-state index contributed by atoms with van der Waals surface area (Å²) in [6, 6.07) is -0.892. The lowest BCUT2D eigenvalue weighted by atomic mass is 10.0. The first-order valence-corrected chi connectivity index (χ1v) is 24.5. The number of aliphatic hydroxyl groups is 1. The van der Waals surface area contributed by atoms with E-state index in [-0.39, 0.29) is 19.1 Å². The number of hydrogen-bond donors (Lipinski definition) is 2. The van der Waals surface area contributed by atoms with Crippen LogP contribution in [0.1, 0.15) is 194 Å². The molecule has 0 saturated carbocycles. The molecule has 0 aromatic rings. The van der Waals surface area contributed by atoms with E-state index in [2.05, 4.69) is 55.6 Å². The topological polar surface area (TPSA) is 108 Å². The summed E-state index contributed by atoms with van der Waals surface area (Å²) in [7, 11) is 1.25. The number of aliphatic hydroxyl groups excluding tert-OH is 1. The summed E-state index contributed by atoms with van der Waals surface area (Å²) in [6.45, 7) is 4.53. The van der Waals surface area contributed by atoms with E-state index in [1.165, 1.54) is 103 Å². The third kappa shape index (κ3) is 40.6. The normalized spacial score (nSPS) is 14.8. The Hall–Kier alpha value is -1.54. The van der Waals surface area contributed by atoms with Crippen LogP contribution in [0.15, 0.2) is 48.6 Å². The lowest BCUT2D eigenvalue weighted by Crippen LogP contribution is -2.45. The van der Waals surface area contributed by atoms with Gasteiger partial charge in [-0.2, -0.15) is 0 Å². The van der Waals surface area contributed by atoms with Crippen LogP contribution < -0.4 is 10.2 Å². The second-order valence-electron chi connectivity index (χ2n) is 16.7. The van der Waals surface area contributed by atoms with Crippen molar-refractivity contribution < 1.29 is 32.9 Å². The van der Waals surface area contributed by atoms with Crippen LogP contribution in [-0.2, 0) is 18.4 Å². The standard InChI is InChI=1S/C47H89N2O6P/c1-6-8-10-12-14-16-18-20-22-24-26-28-30-32-34-36-38-40-46(50)45(44-55-56(52,53)54-43-42-49(3,4)5)48-47(51)41-39-37-35-33-31-29-27-25-23-21-19-17-15-13-11-9-7-2/h9,11,15,17,21,23,38,40,45-46,50H,6-8,10,12-14,16,18-20,22,24-37,39,41-44H2,1-5H3,(H-,48,51,52,53)/b11-9-,17-15-,23-21-,40-38+. The SMILES string of the molecule is CC/C=C\C/C=C\C/C=C\CCCCCCCCCC(=O)NC(COP(=O)([O-])OCC[N+](C)(C)C)C(O)/C=C/CCCCCCCCCCCCCCCCC. The lowest BCUT2D eigenvalue weighted by Gasteiger charge is -2.29. The summed E-state index contributed by atoms with van der Waals surface area (Å²) >= 11 is 0. The number of allylic oxidation sites excluding steroid dienone is 7. The molecule has 0 bridgehead atoms. The number of carbonyl (C=O) groups excluding carboxylic acids is 1. The molecule has 0 heterocycles. The van der Waals surface area contributed by atoms with Crippen molar-refractivity contribution in [3.05, 3.63) is 48.6 Å². The van der Waals surface area contributed by atoms with E-state index >= 15 is 0 Å². The van der Waals surface area contributed by atoms with E-state index < -0.39 is 20.0 Å². The van der Waals surface area contributed by atoms with Gasteiger partial charge in [-0.15, -0.1) is 0 Å². The Morgan fingerprint density at radius 1 is 0.643 bits per heavy atom. The highest BCUT2D eigenvalue weighted by Gasteiger charge is 2.23. The number of rotatable bonds is 41. The van der Waals surface area contributed by atoms with Crippen molar-refractivity contribution in [2.75, 3.05) is 40.9 Å². The van der Waals surface area contributed by atoms with Crippen LogP contribution in [0, 0.1) is 0 Å². The molecular weight excluding hydrogens is 719 g/mol. The highest BCUT2D eigenvalue weighted by molar-refractivity contribution is 7.45. The molecule has 2 N–H and O–H groups in total. The number of amides is 1. The van der Waals surface area contributed by atoms with Gasteiger partial charge in [0.2, 0.25) is 5.91 Å². The largest absolute Gasteiger partial charge is 0.756 e. The lowest BCUT2D eigenvalue weighted by molar-refractivity contribution is -0.870. The van der Waals surface area contributed by atoms with E-state index in [1.54, 1.807) is 6.08 Å². The molecule has 1 amide bonds. The number of phosphoric ester groups is 1. The number of nitrogens with zero attached hydrogens (tertiary/aromatic N) is 1. The van der Waals surface area contributed by atoms with Crippen molar-refractivity contribution in [1.82, 2.24) is 5.32 Å². The molecule has 3 unspecified atom stereocenters. The van der Waals surface area contributed by atoms with Gasteiger partial charge >= 0.3 is 0 Å². The molecule has 8 nitrogen and oxygen atoms in total. The number of unbranched alkanes of at least 4 members (excludes halogenated alkanes) is 22. The van der Waals surface area contributed by atoms with Crippen LogP contribution in [-0.4, -0.2) is 68.5 Å². The molecular formula is C47H89N2O6P. The van der Waals surface area contributed by atoms with Crippen molar-refractivity contribution in [3.63, 3.8) is 0 Å². The van der Waals surface area contributed by atoms with Crippen molar-refractivity contribution in [2.24, 2.45) is 0 Å². The van der Waals surface area contributed by atoms with Gasteiger partial charge in [0.25, 0.3) is 7.82 Å². The fraction of sp³-hybridized carbons (Fsp3) is 0.809. The number of carbonyl (C=O) groups is 1. The number of phosphoric acid groups is 1. The summed E-state index contributed by atoms with van der Waals surface area (Å²) < 4.78 is 23.2. The van der Waals surface area contributed by atoms with Crippen LogP contribution in [0.4, 0.5) is 0 Å². The Labute approximate surface area is 346 Å². The fourth-order valence-corrected chi connectivity index (χ4v) is 7.12. The number of quaternary nitrogens is 1. The first kappa shape index (κ1) is 54.5. The van der Waals surface area contributed by atoms with Crippen LogP contribution in [0.25, 0.3) is 0 Å². The van der Waals surface area contributed by atoms with E-state index in [9.17, 15) is 19.4 Å². The zero-order valence-electron chi connectivity index (χ0n) is 37.1. The fourth-order valence-electron chi connectivity index (χ4n) is 6.40. The number of nitrogens with one attached hydrogen (secondary N) is 1. The Kier molecular flexibility index (Phi) is 37.9. The Morgan fingerprint density at radius 2 is 1.09 bits per heavy atom. The maximum atomic E-state index is 12.9. The molecule has 3 atom stereocenters.